The normalized spacial score (nSPS) is 9.86. The summed E-state index contributed by atoms with van der Waals surface area (Å²) in [6.45, 7) is 0.191. The maximum absolute atomic E-state index is 11.3. The highest BCUT2D eigenvalue weighted by Gasteiger charge is 2.18. The number of nitrogens with zero attached hydrogens (tertiary/aromatic N) is 1. The minimum atomic E-state index is -0.758. The number of carbonyl (C=O) groups excluding carboxylic acids is 1. The molecule has 0 heterocycles. The molecule has 3 N–H and O–H groups in total. The second-order valence-corrected chi connectivity index (χ2v) is 4.43. The van der Waals surface area contributed by atoms with Gasteiger partial charge in [0.1, 0.15) is 0 Å². The van der Waals surface area contributed by atoms with Crippen LogP contribution in [-0.2, 0) is 11.2 Å². The van der Waals surface area contributed by atoms with Gasteiger partial charge in [-0.05, 0) is 30.9 Å². The molecule has 0 fully saturated rings. The number of aryl methyl sites for hydroxylation is 1. The summed E-state index contributed by atoms with van der Waals surface area (Å²) in [5.41, 5.74) is -0.00204. The van der Waals surface area contributed by atoms with E-state index in [9.17, 15) is 25.1 Å². The van der Waals surface area contributed by atoms with Gasteiger partial charge in [-0.25, -0.2) is 0 Å². The van der Waals surface area contributed by atoms with E-state index < -0.39 is 22.1 Å². The van der Waals surface area contributed by atoms with Gasteiger partial charge in [0.25, 0.3) is 0 Å². The van der Waals surface area contributed by atoms with E-state index in [2.05, 4.69) is 11.2 Å². The van der Waals surface area contributed by atoms with Crippen molar-refractivity contribution in [2.75, 3.05) is 6.54 Å². The Bertz CT molecular complexity index is 577. The molecule has 7 nitrogen and oxygen atoms in total. The fourth-order valence-corrected chi connectivity index (χ4v) is 1.80. The quantitative estimate of drug-likeness (QED) is 0.231. The minimum Gasteiger partial charge on any atom is -0.504 e. The summed E-state index contributed by atoms with van der Waals surface area (Å²) in [6, 6.07) is 2.49. The Balaban J connectivity index is 2.51. The first kappa shape index (κ1) is 16.3. The lowest BCUT2D eigenvalue weighted by Gasteiger charge is -2.05. The molecule has 1 rings (SSSR count). The predicted molar refractivity (Wildman–Crippen MR) is 75.8 cm³/mol. The van der Waals surface area contributed by atoms with Crippen LogP contribution in [0.4, 0.5) is 5.69 Å². The Hall–Kier alpha value is -2.75. The zero-order valence-electron chi connectivity index (χ0n) is 11.3. The zero-order chi connectivity index (χ0) is 15.8. The molecule has 0 bridgehead atoms. The molecule has 7 heteroatoms. The van der Waals surface area contributed by atoms with Crippen LogP contribution in [0, 0.1) is 22.5 Å². The minimum absolute atomic E-state index is 0.146. The number of aromatic hydroxyl groups is 2. The van der Waals surface area contributed by atoms with Crippen LogP contribution >= 0.6 is 0 Å². The van der Waals surface area contributed by atoms with Crippen molar-refractivity contribution >= 4 is 11.6 Å². The van der Waals surface area contributed by atoms with Gasteiger partial charge in [-0.2, -0.15) is 0 Å². The number of nitro benzene ring substituents is 1. The summed E-state index contributed by atoms with van der Waals surface area (Å²) in [7, 11) is 0. The maximum atomic E-state index is 11.3. The summed E-state index contributed by atoms with van der Waals surface area (Å²) in [5.74, 6) is 0.889. The first-order valence-electron chi connectivity index (χ1n) is 6.35. The molecule has 0 saturated heterocycles. The highest BCUT2D eigenvalue weighted by atomic mass is 16.6. The highest BCUT2D eigenvalue weighted by molar-refractivity contribution is 5.76. The fraction of sp³-hybridized carbons (Fsp3) is 0.357. The number of nitro groups is 1. The monoisotopic (exact) mass is 292 g/mol. The highest BCUT2D eigenvalue weighted by Crippen LogP contribution is 2.36. The number of hydrogen-bond acceptors (Lipinski definition) is 5. The van der Waals surface area contributed by atoms with Crippen LogP contribution in [0.1, 0.15) is 24.8 Å². The number of nitrogens with one attached hydrogen (secondary N) is 1. The van der Waals surface area contributed by atoms with Crippen molar-refractivity contribution in [3.8, 4) is 23.8 Å². The van der Waals surface area contributed by atoms with Crippen molar-refractivity contribution < 1.29 is 19.9 Å². The Morgan fingerprint density at radius 2 is 2.10 bits per heavy atom. The van der Waals surface area contributed by atoms with E-state index in [0.29, 0.717) is 31.2 Å². The summed E-state index contributed by atoms with van der Waals surface area (Å²) in [5, 5.41) is 32.0. The summed E-state index contributed by atoms with van der Waals surface area (Å²) in [4.78, 5) is 21.2. The molecule has 21 heavy (non-hydrogen) atoms. The molecule has 1 amide bonds. The van der Waals surface area contributed by atoms with Crippen LogP contribution in [-0.4, -0.2) is 27.6 Å². The smallest absolute Gasteiger partial charge is 0.314 e. The number of hydrogen-bond donors (Lipinski definition) is 3. The van der Waals surface area contributed by atoms with Gasteiger partial charge in [-0.1, -0.05) is 5.92 Å². The Morgan fingerprint density at radius 3 is 2.71 bits per heavy atom. The molecule has 1 aromatic carbocycles. The maximum Gasteiger partial charge on any atom is 0.314 e. The van der Waals surface area contributed by atoms with E-state index >= 15 is 0 Å². The SMILES string of the molecule is C#CCNC(=O)CCCCc1cc(O)c(O)c([N+](=O)[O-])c1. The predicted octanol–water partition coefficient (Wildman–Crippen LogP) is 1.47. The molecule has 0 unspecified atom stereocenters. The van der Waals surface area contributed by atoms with Crippen LogP contribution in [0.15, 0.2) is 12.1 Å². The molecule has 0 atom stereocenters. The lowest BCUT2D eigenvalue weighted by molar-refractivity contribution is -0.386. The van der Waals surface area contributed by atoms with Crippen molar-refractivity contribution in [1.82, 2.24) is 5.32 Å². The van der Waals surface area contributed by atoms with E-state index in [0.717, 1.165) is 0 Å². The summed E-state index contributed by atoms with van der Waals surface area (Å²) < 4.78 is 0. The Labute approximate surface area is 121 Å². The van der Waals surface area contributed by atoms with Gasteiger partial charge in [-0.3, -0.25) is 14.9 Å². The number of unbranched alkanes of at least 4 members (excludes halogenated alkanes) is 1. The molecule has 112 valence electrons. The lowest BCUT2D eigenvalue weighted by atomic mass is 10.1. The third kappa shape index (κ3) is 5.03. The molecular weight excluding hydrogens is 276 g/mol. The molecule has 1 aromatic rings. The van der Waals surface area contributed by atoms with Crippen LogP contribution in [0.25, 0.3) is 0 Å². The zero-order valence-corrected chi connectivity index (χ0v) is 11.3. The average Bonchev–Trinajstić information content (AvgIpc) is 2.44. The second-order valence-electron chi connectivity index (χ2n) is 4.43. The molecule has 0 aliphatic carbocycles. The van der Waals surface area contributed by atoms with E-state index in [4.69, 9.17) is 6.42 Å². The van der Waals surface area contributed by atoms with Gasteiger partial charge in [-0.15, -0.1) is 6.42 Å². The topological polar surface area (TPSA) is 113 Å². The summed E-state index contributed by atoms with van der Waals surface area (Å²) >= 11 is 0. The summed E-state index contributed by atoms with van der Waals surface area (Å²) in [6.07, 6.45) is 6.98. The van der Waals surface area contributed by atoms with Crippen molar-refractivity contribution in [1.29, 1.82) is 0 Å². The van der Waals surface area contributed by atoms with Gasteiger partial charge >= 0.3 is 5.69 Å². The Morgan fingerprint density at radius 1 is 1.38 bits per heavy atom. The van der Waals surface area contributed by atoms with Gasteiger partial charge in [0, 0.05) is 12.5 Å². The standard InChI is InChI=1S/C14H16N2O5/c1-2-7-15-13(18)6-4-3-5-10-8-11(16(20)21)14(19)12(17)9-10/h1,8-9,17,19H,3-7H2,(H,15,18). The number of terminal acetylenes is 1. The third-order valence-corrected chi connectivity index (χ3v) is 2.83. The van der Waals surface area contributed by atoms with Crippen LogP contribution in [0.5, 0.6) is 11.5 Å². The number of phenols is 2. The van der Waals surface area contributed by atoms with Crippen molar-refractivity contribution in [2.24, 2.45) is 0 Å². The molecule has 0 aliphatic rings. The van der Waals surface area contributed by atoms with E-state index in [1.54, 1.807) is 0 Å². The van der Waals surface area contributed by atoms with E-state index in [1.165, 1.54) is 12.1 Å². The van der Waals surface area contributed by atoms with Crippen molar-refractivity contribution in [3.05, 3.63) is 27.8 Å². The lowest BCUT2D eigenvalue weighted by Crippen LogP contribution is -2.22. The van der Waals surface area contributed by atoms with Crippen LogP contribution in [0.2, 0.25) is 0 Å². The number of carbonyl (C=O) groups is 1. The second kappa shape index (κ2) is 7.75. The molecule has 0 radical (unpaired) electrons. The molecule has 0 aliphatic heterocycles. The first-order valence-corrected chi connectivity index (χ1v) is 6.35. The largest absolute Gasteiger partial charge is 0.504 e. The van der Waals surface area contributed by atoms with Gasteiger partial charge in [0.15, 0.2) is 5.75 Å². The van der Waals surface area contributed by atoms with Gasteiger partial charge in [0.2, 0.25) is 11.7 Å². The third-order valence-electron chi connectivity index (χ3n) is 2.83. The number of rotatable bonds is 7. The number of benzene rings is 1. The number of amides is 1. The Kier molecular flexibility index (Phi) is 6.01. The molecule has 0 saturated carbocycles. The van der Waals surface area contributed by atoms with E-state index in [1.807, 2.05) is 0 Å². The first-order chi connectivity index (χ1) is 9.95. The van der Waals surface area contributed by atoms with Crippen molar-refractivity contribution in [2.45, 2.75) is 25.7 Å². The van der Waals surface area contributed by atoms with Crippen molar-refractivity contribution in [3.63, 3.8) is 0 Å². The van der Waals surface area contributed by atoms with Crippen LogP contribution in [0.3, 0.4) is 0 Å². The van der Waals surface area contributed by atoms with E-state index in [-0.39, 0.29) is 12.5 Å². The molecule has 0 spiro atoms. The van der Waals surface area contributed by atoms with Crippen LogP contribution < -0.4 is 5.32 Å². The average molecular weight is 292 g/mol. The fourth-order valence-electron chi connectivity index (χ4n) is 1.80. The molecular formula is C14H16N2O5. The molecule has 0 aromatic heterocycles. The van der Waals surface area contributed by atoms with Gasteiger partial charge < -0.3 is 15.5 Å². The number of phenolic OH excluding ortho intramolecular Hbond substituents is 2. The van der Waals surface area contributed by atoms with Gasteiger partial charge in [0.05, 0.1) is 11.5 Å².